The fourth-order valence-corrected chi connectivity index (χ4v) is 3.68. The van der Waals surface area contributed by atoms with E-state index in [4.69, 9.17) is 21.1 Å². The Labute approximate surface area is 142 Å². The highest BCUT2D eigenvalue weighted by Gasteiger charge is 2.35. The van der Waals surface area contributed by atoms with Gasteiger partial charge >= 0.3 is 6.09 Å². The fourth-order valence-electron chi connectivity index (χ4n) is 3.43. The van der Waals surface area contributed by atoms with E-state index in [1.807, 2.05) is 37.8 Å². The highest BCUT2D eigenvalue weighted by Crippen LogP contribution is 2.38. The molecule has 1 aromatic carbocycles. The van der Waals surface area contributed by atoms with Crippen LogP contribution in [-0.4, -0.2) is 29.7 Å². The second kappa shape index (κ2) is 6.33. The van der Waals surface area contributed by atoms with Gasteiger partial charge in [0, 0.05) is 11.6 Å². The average Bonchev–Trinajstić information content (AvgIpc) is 2.93. The van der Waals surface area contributed by atoms with Gasteiger partial charge in [0.25, 0.3) is 0 Å². The van der Waals surface area contributed by atoms with Crippen LogP contribution in [0.3, 0.4) is 0 Å². The highest BCUT2D eigenvalue weighted by molar-refractivity contribution is 6.30. The van der Waals surface area contributed by atoms with Gasteiger partial charge in [-0.2, -0.15) is 0 Å². The quantitative estimate of drug-likeness (QED) is 0.758. The summed E-state index contributed by atoms with van der Waals surface area (Å²) in [7, 11) is 0. The highest BCUT2D eigenvalue weighted by atomic mass is 35.5. The van der Waals surface area contributed by atoms with Gasteiger partial charge in [-0.1, -0.05) is 11.6 Å². The zero-order valence-electron chi connectivity index (χ0n) is 14.0. The maximum atomic E-state index is 12.5. The van der Waals surface area contributed by atoms with Crippen molar-refractivity contribution < 1.29 is 14.3 Å². The van der Waals surface area contributed by atoms with Crippen molar-refractivity contribution in [1.82, 2.24) is 4.90 Å². The molecule has 0 spiro atoms. The molecule has 0 aliphatic carbocycles. The molecule has 0 radical (unpaired) electrons. The normalized spacial score (nSPS) is 21.2. The number of hydrogen-bond acceptors (Lipinski definition) is 3. The molecular weight excluding hydrogens is 314 g/mol. The van der Waals surface area contributed by atoms with Crippen LogP contribution >= 0.6 is 11.6 Å². The number of benzene rings is 1. The van der Waals surface area contributed by atoms with Gasteiger partial charge in [-0.3, -0.25) is 0 Å². The van der Waals surface area contributed by atoms with Crippen LogP contribution in [0.4, 0.5) is 4.79 Å². The van der Waals surface area contributed by atoms with Gasteiger partial charge in [-0.05, 0) is 68.9 Å². The molecule has 0 saturated carbocycles. The number of halogens is 1. The number of amides is 1. The first kappa shape index (κ1) is 16.6. The van der Waals surface area contributed by atoms with Crippen molar-refractivity contribution in [2.45, 2.75) is 58.3 Å². The average molecular weight is 338 g/mol. The van der Waals surface area contributed by atoms with Crippen molar-refractivity contribution >= 4 is 17.7 Å². The van der Waals surface area contributed by atoms with Crippen LogP contribution in [0, 0.1) is 0 Å². The Bertz CT molecular complexity index is 609. The zero-order chi connectivity index (χ0) is 16.6. The second-order valence-electron chi connectivity index (χ2n) is 7.27. The Balaban J connectivity index is 1.91. The van der Waals surface area contributed by atoms with Gasteiger partial charge < -0.3 is 14.4 Å². The lowest BCUT2D eigenvalue weighted by atomic mass is 9.91. The molecule has 3 rings (SSSR count). The Morgan fingerprint density at radius 3 is 2.91 bits per heavy atom. The molecule has 1 saturated heterocycles. The predicted molar refractivity (Wildman–Crippen MR) is 89.7 cm³/mol. The molecule has 1 atom stereocenters. The SMILES string of the molecule is CC(C)(C)OC(=O)N1CCCC1c1cc(Cl)cc2c1CCOC2. The molecule has 1 aromatic rings. The van der Waals surface area contributed by atoms with Crippen LogP contribution in [0.25, 0.3) is 0 Å². The Hall–Kier alpha value is -1.26. The van der Waals surface area contributed by atoms with Crippen LogP contribution in [0.5, 0.6) is 0 Å². The number of nitrogens with zero attached hydrogens (tertiary/aromatic N) is 1. The third-order valence-corrected chi connectivity index (χ3v) is 4.55. The minimum atomic E-state index is -0.480. The van der Waals surface area contributed by atoms with Gasteiger partial charge in [-0.15, -0.1) is 0 Å². The number of rotatable bonds is 1. The number of fused-ring (bicyclic) bond motifs is 1. The first-order chi connectivity index (χ1) is 10.8. The summed E-state index contributed by atoms with van der Waals surface area (Å²) >= 11 is 6.30. The molecule has 126 valence electrons. The molecule has 2 heterocycles. The molecule has 4 nitrogen and oxygen atoms in total. The van der Waals surface area contributed by atoms with E-state index in [9.17, 15) is 4.79 Å². The zero-order valence-corrected chi connectivity index (χ0v) is 14.8. The minimum absolute atomic E-state index is 0.0513. The lowest BCUT2D eigenvalue weighted by Gasteiger charge is -2.31. The number of ether oxygens (including phenoxy) is 2. The predicted octanol–water partition coefficient (Wildman–Crippen LogP) is 4.48. The minimum Gasteiger partial charge on any atom is -0.444 e. The molecule has 0 bridgehead atoms. The number of carbonyl (C=O) groups is 1. The summed E-state index contributed by atoms with van der Waals surface area (Å²) in [6.45, 7) is 7.75. The van der Waals surface area contributed by atoms with Crippen LogP contribution in [0.1, 0.15) is 56.3 Å². The van der Waals surface area contributed by atoms with Crippen molar-refractivity contribution in [2.24, 2.45) is 0 Å². The molecule has 2 aliphatic heterocycles. The summed E-state index contributed by atoms with van der Waals surface area (Å²) in [6, 6.07) is 4.04. The molecule has 1 fully saturated rings. The van der Waals surface area contributed by atoms with Gasteiger partial charge in [0.15, 0.2) is 0 Å². The van der Waals surface area contributed by atoms with Crippen LogP contribution < -0.4 is 0 Å². The number of likely N-dealkylation sites (tertiary alicyclic amines) is 1. The Morgan fingerprint density at radius 1 is 1.39 bits per heavy atom. The third-order valence-electron chi connectivity index (χ3n) is 4.34. The smallest absolute Gasteiger partial charge is 0.410 e. The maximum Gasteiger partial charge on any atom is 0.410 e. The molecule has 2 aliphatic rings. The maximum absolute atomic E-state index is 12.5. The summed E-state index contributed by atoms with van der Waals surface area (Å²) in [4.78, 5) is 14.4. The summed E-state index contributed by atoms with van der Waals surface area (Å²) in [5, 5.41) is 0.709. The van der Waals surface area contributed by atoms with Crippen molar-refractivity contribution in [2.75, 3.05) is 13.2 Å². The van der Waals surface area contributed by atoms with E-state index < -0.39 is 5.60 Å². The summed E-state index contributed by atoms with van der Waals surface area (Å²) < 4.78 is 11.1. The molecule has 5 heteroatoms. The third kappa shape index (κ3) is 3.64. The van der Waals surface area contributed by atoms with Crippen LogP contribution in [0.15, 0.2) is 12.1 Å². The molecular formula is C18H24ClNO3. The van der Waals surface area contributed by atoms with Crippen LogP contribution in [-0.2, 0) is 22.5 Å². The largest absolute Gasteiger partial charge is 0.444 e. The summed E-state index contributed by atoms with van der Waals surface area (Å²) in [5.41, 5.74) is 3.13. The van der Waals surface area contributed by atoms with E-state index in [1.165, 1.54) is 11.1 Å². The second-order valence-corrected chi connectivity index (χ2v) is 7.70. The Kier molecular flexibility index (Phi) is 4.56. The van der Waals surface area contributed by atoms with Gasteiger partial charge in [0.2, 0.25) is 0 Å². The van der Waals surface area contributed by atoms with Crippen molar-refractivity contribution in [3.63, 3.8) is 0 Å². The summed E-state index contributed by atoms with van der Waals surface area (Å²) in [5.74, 6) is 0. The molecule has 23 heavy (non-hydrogen) atoms. The Morgan fingerprint density at radius 2 is 2.17 bits per heavy atom. The van der Waals surface area contributed by atoms with E-state index in [-0.39, 0.29) is 12.1 Å². The monoisotopic (exact) mass is 337 g/mol. The van der Waals surface area contributed by atoms with E-state index >= 15 is 0 Å². The topological polar surface area (TPSA) is 38.8 Å². The van der Waals surface area contributed by atoms with E-state index in [0.29, 0.717) is 11.6 Å². The molecule has 1 unspecified atom stereocenters. The van der Waals surface area contributed by atoms with Crippen molar-refractivity contribution in [1.29, 1.82) is 0 Å². The van der Waals surface area contributed by atoms with Crippen molar-refractivity contribution in [3.05, 3.63) is 33.8 Å². The van der Waals surface area contributed by atoms with E-state index in [0.717, 1.165) is 38.0 Å². The van der Waals surface area contributed by atoms with Gasteiger partial charge in [0.05, 0.1) is 19.3 Å². The van der Waals surface area contributed by atoms with E-state index in [2.05, 4.69) is 0 Å². The lowest BCUT2D eigenvalue weighted by Crippen LogP contribution is -2.36. The first-order valence-electron chi connectivity index (χ1n) is 8.24. The number of hydrogen-bond donors (Lipinski definition) is 0. The van der Waals surface area contributed by atoms with Crippen LogP contribution in [0.2, 0.25) is 5.02 Å². The number of carbonyl (C=O) groups excluding carboxylic acids is 1. The van der Waals surface area contributed by atoms with Gasteiger partial charge in [0.1, 0.15) is 5.60 Å². The summed E-state index contributed by atoms with van der Waals surface area (Å²) in [6.07, 6.45) is 2.58. The van der Waals surface area contributed by atoms with Gasteiger partial charge in [-0.25, -0.2) is 4.79 Å². The standard InChI is InChI=1S/C18H24ClNO3/c1-18(2,3)23-17(21)20-7-4-5-16(20)15-10-13(19)9-12-11-22-8-6-14(12)15/h9-10,16H,4-8,11H2,1-3H3. The first-order valence-corrected chi connectivity index (χ1v) is 8.61. The van der Waals surface area contributed by atoms with Crippen molar-refractivity contribution in [3.8, 4) is 0 Å². The fraction of sp³-hybridized carbons (Fsp3) is 0.611. The lowest BCUT2D eigenvalue weighted by molar-refractivity contribution is 0.0223. The molecule has 1 amide bonds. The van der Waals surface area contributed by atoms with E-state index in [1.54, 1.807) is 0 Å². The molecule has 0 N–H and O–H groups in total. The molecule has 0 aromatic heterocycles.